The van der Waals surface area contributed by atoms with Crippen LogP contribution in [-0.4, -0.2) is 37.8 Å². The minimum Gasteiger partial charge on any atom is -0.352 e. The van der Waals surface area contributed by atoms with E-state index in [4.69, 9.17) is 0 Å². The van der Waals surface area contributed by atoms with Gasteiger partial charge in [-0.15, -0.1) is 0 Å². The topological polar surface area (TPSA) is 80.1 Å². The Bertz CT molecular complexity index is 1060. The zero-order valence-corrected chi connectivity index (χ0v) is 17.2. The van der Waals surface area contributed by atoms with E-state index >= 15 is 0 Å². The molecule has 1 aliphatic rings. The predicted molar refractivity (Wildman–Crippen MR) is 113 cm³/mol. The van der Waals surface area contributed by atoms with Gasteiger partial charge >= 0.3 is 0 Å². The van der Waals surface area contributed by atoms with Gasteiger partial charge in [0.1, 0.15) is 5.82 Å². The van der Waals surface area contributed by atoms with Gasteiger partial charge in [-0.3, -0.25) is 14.6 Å². The standard InChI is InChI=1S/C23H25N5O2/c1-16-5-3-7-19(11-16)23(30)28-10-9-27-15-20(26-22(27)17(28)2)12-21(29)25-14-18-6-4-8-24-13-18/h3-8,11,13,15,17H,9-10,12,14H2,1-2H3,(H,25,29). The van der Waals surface area contributed by atoms with Crippen molar-refractivity contribution in [2.75, 3.05) is 6.54 Å². The van der Waals surface area contributed by atoms with E-state index in [0.717, 1.165) is 17.0 Å². The molecular weight excluding hydrogens is 378 g/mol. The molecule has 0 aliphatic carbocycles. The molecule has 2 amide bonds. The Kier molecular flexibility index (Phi) is 5.61. The first-order valence-corrected chi connectivity index (χ1v) is 10.1. The molecule has 4 rings (SSSR count). The number of aryl methyl sites for hydroxylation is 1. The molecule has 1 N–H and O–H groups in total. The lowest BCUT2D eigenvalue weighted by Crippen LogP contribution is -2.41. The lowest BCUT2D eigenvalue weighted by molar-refractivity contribution is -0.120. The summed E-state index contributed by atoms with van der Waals surface area (Å²) in [6, 6.07) is 11.3. The molecular formula is C23H25N5O2. The summed E-state index contributed by atoms with van der Waals surface area (Å²) < 4.78 is 2.05. The first kappa shape index (κ1) is 19.8. The molecule has 1 aliphatic heterocycles. The first-order valence-electron chi connectivity index (χ1n) is 10.1. The number of carbonyl (C=O) groups is 2. The van der Waals surface area contributed by atoms with Crippen molar-refractivity contribution in [1.82, 2.24) is 24.8 Å². The fourth-order valence-electron chi connectivity index (χ4n) is 3.78. The third-order valence-electron chi connectivity index (χ3n) is 5.36. The van der Waals surface area contributed by atoms with Crippen molar-refractivity contribution in [1.29, 1.82) is 0 Å². The quantitative estimate of drug-likeness (QED) is 0.710. The smallest absolute Gasteiger partial charge is 0.254 e. The summed E-state index contributed by atoms with van der Waals surface area (Å²) in [6.45, 7) is 5.69. The van der Waals surface area contributed by atoms with Crippen LogP contribution in [-0.2, 0) is 24.3 Å². The molecule has 1 atom stereocenters. The van der Waals surface area contributed by atoms with Crippen molar-refractivity contribution >= 4 is 11.8 Å². The van der Waals surface area contributed by atoms with Gasteiger partial charge in [0, 0.05) is 43.8 Å². The van der Waals surface area contributed by atoms with E-state index in [0.29, 0.717) is 30.9 Å². The second kappa shape index (κ2) is 8.49. The zero-order chi connectivity index (χ0) is 21.1. The number of imidazole rings is 1. The fourth-order valence-corrected chi connectivity index (χ4v) is 3.78. The second-order valence-corrected chi connectivity index (χ2v) is 7.64. The van der Waals surface area contributed by atoms with Gasteiger partial charge in [0.15, 0.2) is 0 Å². The summed E-state index contributed by atoms with van der Waals surface area (Å²) in [6.07, 6.45) is 5.56. The van der Waals surface area contributed by atoms with Gasteiger partial charge in [-0.1, -0.05) is 23.8 Å². The molecule has 2 aromatic heterocycles. The van der Waals surface area contributed by atoms with E-state index in [1.54, 1.807) is 12.4 Å². The number of hydrogen-bond acceptors (Lipinski definition) is 4. The van der Waals surface area contributed by atoms with E-state index in [1.165, 1.54) is 0 Å². The average Bonchev–Trinajstić information content (AvgIpc) is 3.16. The van der Waals surface area contributed by atoms with Crippen molar-refractivity contribution in [2.24, 2.45) is 0 Å². The van der Waals surface area contributed by atoms with Crippen LogP contribution in [0.4, 0.5) is 0 Å². The van der Waals surface area contributed by atoms with Crippen LogP contribution in [0.25, 0.3) is 0 Å². The van der Waals surface area contributed by atoms with Crippen LogP contribution in [0.5, 0.6) is 0 Å². The van der Waals surface area contributed by atoms with Gasteiger partial charge in [0.25, 0.3) is 5.91 Å². The lowest BCUT2D eigenvalue weighted by Gasteiger charge is -2.33. The molecule has 30 heavy (non-hydrogen) atoms. The maximum Gasteiger partial charge on any atom is 0.254 e. The normalized spacial score (nSPS) is 15.5. The van der Waals surface area contributed by atoms with E-state index in [-0.39, 0.29) is 24.3 Å². The van der Waals surface area contributed by atoms with Gasteiger partial charge in [-0.05, 0) is 37.6 Å². The predicted octanol–water partition coefficient (Wildman–Crippen LogP) is 2.66. The van der Waals surface area contributed by atoms with Crippen LogP contribution in [0, 0.1) is 6.92 Å². The molecule has 154 valence electrons. The van der Waals surface area contributed by atoms with Gasteiger partial charge in [0.2, 0.25) is 5.91 Å². The summed E-state index contributed by atoms with van der Waals surface area (Å²) in [5.41, 5.74) is 3.42. The lowest BCUT2D eigenvalue weighted by atomic mass is 10.1. The summed E-state index contributed by atoms with van der Waals surface area (Å²) in [4.78, 5) is 35.9. The Balaban J connectivity index is 1.42. The highest BCUT2D eigenvalue weighted by Gasteiger charge is 2.30. The maximum atomic E-state index is 13.0. The fraction of sp³-hybridized carbons (Fsp3) is 0.304. The number of hydrogen-bond donors (Lipinski definition) is 1. The number of carbonyl (C=O) groups excluding carboxylic acids is 2. The van der Waals surface area contributed by atoms with E-state index in [2.05, 4.69) is 19.9 Å². The third kappa shape index (κ3) is 4.25. The van der Waals surface area contributed by atoms with E-state index in [1.807, 2.05) is 61.3 Å². The van der Waals surface area contributed by atoms with Crippen LogP contribution < -0.4 is 5.32 Å². The molecule has 0 fully saturated rings. The number of nitrogens with one attached hydrogen (secondary N) is 1. The largest absolute Gasteiger partial charge is 0.352 e. The monoisotopic (exact) mass is 403 g/mol. The van der Waals surface area contributed by atoms with Gasteiger partial charge in [-0.2, -0.15) is 0 Å². The number of aromatic nitrogens is 3. The molecule has 0 saturated heterocycles. The number of amides is 2. The molecule has 7 nitrogen and oxygen atoms in total. The maximum absolute atomic E-state index is 13.0. The minimum atomic E-state index is -0.154. The molecule has 3 heterocycles. The summed E-state index contributed by atoms with van der Waals surface area (Å²) >= 11 is 0. The Morgan fingerprint density at radius 1 is 1.20 bits per heavy atom. The molecule has 3 aromatic rings. The van der Waals surface area contributed by atoms with Crippen molar-refractivity contribution in [3.8, 4) is 0 Å². The number of nitrogens with zero attached hydrogens (tertiary/aromatic N) is 4. The average molecular weight is 403 g/mol. The Morgan fingerprint density at radius 3 is 2.83 bits per heavy atom. The number of fused-ring (bicyclic) bond motifs is 1. The van der Waals surface area contributed by atoms with Crippen LogP contribution in [0.2, 0.25) is 0 Å². The SMILES string of the molecule is Cc1cccc(C(=O)N2CCn3cc(CC(=O)NCc4cccnc4)nc3C2C)c1. The minimum absolute atomic E-state index is 0.0104. The molecule has 1 unspecified atom stereocenters. The molecule has 0 radical (unpaired) electrons. The van der Waals surface area contributed by atoms with Crippen LogP contribution in [0.3, 0.4) is 0 Å². The highest BCUT2D eigenvalue weighted by Crippen LogP contribution is 2.26. The number of rotatable bonds is 5. The molecule has 0 saturated carbocycles. The van der Waals surface area contributed by atoms with Gasteiger partial charge in [-0.25, -0.2) is 4.98 Å². The summed E-state index contributed by atoms with van der Waals surface area (Å²) in [5.74, 6) is 0.739. The van der Waals surface area contributed by atoms with Gasteiger partial charge < -0.3 is 14.8 Å². The highest BCUT2D eigenvalue weighted by molar-refractivity contribution is 5.94. The molecule has 7 heteroatoms. The Hall–Kier alpha value is -3.48. The summed E-state index contributed by atoms with van der Waals surface area (Å²) in [7, 11) is 0. The number of pyridine rings is 1. The molecule has 0 bridgehead atoms. The Morgan fingerprint density at radius 2 is 2.07 bits per heavy atom. The van der Waals surface area contributed by atoms with Crippen molar-refractivity contribution in [3.05, 3.63) is 83.2 Å². The van der Waals surface area contributed by atoms with E-state index in [9.17, 15) is 9.59 Å². The van der Waals surface area contributed by atoms with Crippen LogP contribution in [0.1, 0.15) is 46.0 Å². The van der Waals surface area contributed by atoms with E-state index < -0.39 is 0 Å². The van der Waals surface area contributed by atoms with Crippen LogP contribution >= 0.6 is 0 Å². The third-order valence-corrected chi connectivity index (χ3v) is 5.36. The zero-order valence-electron chi connectivity index (χ0n) is 17.2. The second-order valence-electron chi connectivity index (χ2n) is 7.64. The summed E-state index contributed by atoms with van der Waals surface area (Å²) in [5, 5.41) is 2.90. The van der Waals surface area contributed by atoms with Crippen molar-refractivity contribution in [3.63, 3.8) is 0 Å². The highest BCUT2D eigenvalue weighted by atomic mass is 16.2. The Labute approximate surface area is 175 Å². The molecule has 1 aromatic carbocycles. The number of benzene rings is 1. The van der Waals surface area contributed by atoms with Crippen LogP contribution in [0.15, 0.2) is 55.0 Å². The van der Waals surface area contributed by atoms with Gasteiger partial charge in [0.05, 0.1) is 18.2 Å². The molecule has 0 spiro atoms. The van der Waals surface area contributed by atoms with Crippen molar-refractivity contribution in [2.45, 2.75) is 39.4 Å². The van der Waals surface area contributed by atoms with Crippen molar-refractivity contribution < 1.29 is 9.59 Å². The first-order chi connectivity index (χ1) is 14.5.